The molecule has 1 amide bonds. The van der Waals surface area contributed by atoms with E-state index < -0.39 is 21.7 Å². The topological polar surface area (TPSA) is 114 Å². The van der Waals surface area contributed by atoms with Crippen LogP contribution in [0.4, 0.5) is 0 Å². The van der Waals surface area contributed by atoms with Crippen LogP contribution in [0, 0.1) is 0 Å². The van der Waals surface area contributed by atoms with E-state index in [1.165, 1.54) is 0 Å². The van der Waals surface area contributed by atoms with E-state index in [-0.39, 0.29) is 35.8 Å². The van der Waals surface area contributed by atoms with Gasteiger partial charge < -0.3 is 14.8 Å². The SMILES string of the molecule is O=C(O)c1coc(C(=O)NCCCS(=O)(=O)Cc2ccccc2)c1. The lowest BCUT2D eigenvalue weighted by molar-refractivity contribution is 0.0695. The second-order valence-corrected chi connectivity index (χ2v) is 7.38. The fourth-order valence-electron chi connectivity index (χ4n) is 2.05. The molecular weight excluding hydrogens is 334 g/mol. The van der Waals surface area contributed by atoms with Crippen molar-refractivity contribution in [2.45, 2.75) is 12.2 Å². The number of carboxylic acids is 1. The summed E-state index contributed by atoms with van der Waals surface area (Å²) in [7, 11) is -3.26. The van der Waals surface area contributed by atoms with E-state index in [1.54, 1.807) is 24.3 Å². The van der Waals surface area contributed by atoms with Gasteiger partial charge in [0.1, 0.15) is 6.26 Å². The van der Waals surface area contributed by atoms with Crippen molar-refractivity contribution < 1.29 is 27.5 Å². The lowest BCUT2D eigenvalue weighted by atomic mass is 10.2. The molecule has 0 aliphatic carbocycles. The Morgan fingerprint density at radius 1 is 1.17 bits per heavy atom. The minimum Gasteiger partial charge on any atom is -0.478 e. The van der Waals surface area contributed by atoms with Crippen LogP contribution in [0.1, 0.15) is 32.9 Å². The van der Waals surface area contributed by atoms with Crippen LogP contribution in [0.25, 0.3) is 0 Å². The van der Waals surface area contributed by atoms with Gasteiger partial charge in [-0.1, -0.05) is 30.3 Å². The first-order chi connectivity index (χ1) is 11.4. The van der Waals surface area contributed by atoms with E-state index in [0.717, 1.165) is 17.9 Å². The maximum absolute atomic E-state index is 12.0. The summed E-state index contributed by atoms with van der Waals surface area (Å²) in [5.41, 5.74) is 0.601. The standard InChI is InChI=1S/C16H17NO6S/c18-15(14-9-13(10-23-14)16(19)20)17-7-4-8-24(21,22)11-12-5-2-1-3-6-12/h1-3,5-6,9-10H,4,7-8,11H2,(H,17,18)(H,19,20). The predicted octanol–water partition coefficient (Wildman–Crippen LogP) is 1.71. The Morgan fingerprint density at radius 3 is 2.50 bits per heavy atom. The number of hydrogen-bond acceptors (Lipinski definition) is 5. The molecule has 0 fully saturated rings. The van der Waals surface area contributed by atoms with Crippen molar-refractivity contribution in [2.24, 2.45) is 0 Å². The molecule has 0 saturated carbocycles. The van der Waals surface area contributed by atoms with Crippen LogP contribution in [-0.2, 0) is 15.6 Å². The van der Waals surface area contributed by atoms with Gasteiger partial charge in [-0.3, -0.25) is 4.79 Å². The Morgan fingerprint density at radius 2 is 1.88 bits per heavy atom. The Kier molecular flexibility index (Phi) is 5.75. The van der Waals surface area contributed by atoms with E-state index in [9.17, 15) is 18.0 Å². The summed E-state index contributed by atoms with van der Waals surface area (Å²) in [5.74, 6) is -1.99. The molecule has 0 saturated heterocycles. The number of carboxylic acid groups (broad SMARTS) is 1. The van der Waals surface area contributed by atoms with E-state index in [2.05, 4.69) is 5.32 Å². The molecule has 128 valence electrons. The van der Waals surface area contributed by atoms with Gasteiger partial charge in [0.2, 0.25) is 0 Å². The average Bonchev–Trinajstić information content (AvgIpc) is 3.02. The summed E-state index contributed by atoms with van der Waals surface area (Å²) >= 11 is 0. The number of nitrogens with one attached hydrogen (secondary N) is 1. The lowest BCUT2D eigenvalue weighted by Crippen LogP contribution is -2.25. The summed E-state index contributed by atoms with van der Waals surface area (Å²) in [6.45, 7) is 0.149. The summed E-state index contributed by atoms with van der Waals surface area (Å²) in [6, 6.07) is 9.98. The zero-order valence-corrected chi connectivity index (χ0v) is 13.6. The van der Waals surface area contributed by atoms with Gasteiger partial charge in [-0.15, -0.1) is 0 Å². The van der Waals surface area contributed by atoms with Crippen LogP contribution in [0.15, 0.2) is 47.1 Å². The highest BCUT2D eigenvalue weighted by Gasteiger charge is 2.15. The first-order valence-electron chi connectivity index (χ1n) is 7.22. The number of aromatic carboxylic acids is 1. The number of carbonyl (C=O) groups excluding carboxylic acids is 1. The Hall–Kier alpha value is -2.61. The van der Waals surface area contributed by atoms with Crippen molar-refractivity contribution in [3.63, 3.8) is 0 Å². The van der Waals surface area contributed by atoms with E-state index in [1.807, 2.05) is 6.07 Å². The number of sulfone groups is 1. The molecule has 24 heavy (non-hydrogen) atoms. The molecule has 2 rings (SSSR count). The molecule has 0 aliphatic rings. The third-order valence-electron chi connectivity index (χ3n) is 3.22. The fourth-order valence-corrected chi connectivity index (χ4v) is 3.48. The molecule has 1 heterocycles. The minimum absolute atomic E-state index is 0.0397. The number of furan rings is 1. The smallest absolute Gasteiger partial charge is 0.338 e. The maximum atomic E-state index is 12.0. The van der Waals surface area contributed by atoms with Crippen LogP contribution in [0.3, 0.4) is 0 Å². The van der Waals surface area contributed by atoms with Crippen molar-refractivity contribution in [1.29, 1.82) is 0 Å². The molecular formula is C16H17NO6S. The molecule has 0 unspecified atom stereocenters. The first-order valence-corrected chi connectivity index (χ1v) is 9.04. The van der Waals surface area contributed by atoms with Crippen LogP contribution >= 0.6 is 0 Å². The number of benzene rings is 1. The number of rotatable bonds is 8. The molecule has 0 radical (unpaired) electrons. The molecule has 2 N–H and O–H groups in total. The molecule has 0 atom stereocenters. The van der Waals surface area contributed by atoms with E-state index in [4.69, 9.17) is 9.52 Å². The van der Waals surface area contributed by atoms with Crippen molar-refractivity contribution in [2.75, 3.05) is 12.3 Å². The molecule has 1 aromatic carbocycles. The lowest BCUT2D eigenvalue weighted by Gasteiger charge is -2.05. The molecule has 8 heteroatoms. The first kappa shape index (κ1) is 17.7. The normalized spacial score (nSPS) is 11.2. The van der Waals surface area contributed by atoms with Gasteiger partial charge >= 0.3 is 5.97 Å². The number of hydrogen-bond donors (Lipinski definition) is 2. The van der Waals surface area contributed by atoms with Crippen LogP contribution < -0.4 is 5.32 Å². The minimum atomic E-state index is -3.26. The highest BCUT2D eigenvalue weighted by molar-refractivity contribution is 7.90. The second kappa shape index (κ2) is 7.78. The van der Waals surface area contributed by atoms with Crippen LogP contribution in [-0.4, -0.2) is 37.7 Å². The Labute approximate surface area is 139 Å². The van der Waals surface area contributed by atoms with Crippen molar-refractivity contribution in [3.8, 4) is 0 Å². The molecule has 0 spiro atoms. The summed E-state index contributed by atoms with van der Waals surface area (Å²) in [5, 5.41) is 11.2. The fraction of sp³-hybridized carbons (Fsp3) is 0.250. The summed E-state index contributed by atoms with van der Waals surface area (Å²) < 4.78 is 28.8. The second-order valence-electron chi connectivity index (χ2n) is 5.19. The van der Waals surface area contributed by atoms with Crippen molar-refractivity contribution in [3.05, 3.63) is 59.5 Å². The van der Waals surface area contributed by atoms with Gasteiger partial charge in [0.15, 0.2) is 15.6 Å². The largest absolute Gasteiger partial charge is 0.478 e. The van der Waals surface area contributed by atoms with Gasteiger partial charge in [-0.25, -0.2) is 13.2 Å². The third-order valence-corrected chi connectivity index (χ3v) is 4.90. The van der Waals surface area contributed by atoms with Crippen LogP contribution in [0.2, 0.25) is 0 Å². The van der Waals surface area contributed by atoms with E-state index in [0.29, 0.717) is 0 Å². The van der Waals surface area contributed by atoms with Gasteiger partial charge in [-0.05, 0) is 12.0 Å². The highest BCUT2D eigenvalue weighted by Crippen LogP contribution is 2.09. The zero-order valence-electron chi connectivity index (χ0n) is 12.8. The zero-order chi connectivity index (χ0) is 17.6. The van der Waals surface area contributed by atoms with Gasteiger partial charge in [0.05, 0.1) is 17.1 Å². The van der Waals surface area contributed by atoms with Gasteiger partial charge in [0, 0.05) is 12.6 Å². The van der Waals surface area contributed by atoms with Gasteiger partial charge in [0.25, 0.3) is 5.91 Å². The molecule has 7 nitrogen and oxygen atoms in total. The summed E-state index contributed by atoms with van der Waals surface area (Å²) in [4.78, 5) is 22.4. The quantitative estimate of drug-likeness (QED) is 0.700. The molecule has 0 bridgehead atoms. The Balaban J connectivity index is 1.77. The third kappa shape index (κ3) is 5.24. The summed E-state index contributed by atoms with van der Waals surface area (Å²) in [6.07, 6.45) is 1.23. The van der Waals surface area contributed by atoms with Crippen molar-refractivity contribution >= 4 is 21.7 Å². The molecule has 0 aliphatic heterocycles. The molecule has 2 aromatic rings. The maximum Gasteiger partial charge on any atom is 0.338 e. The monoisotopic (exact) mass is 351 g/mol. The van der Waals surface area contributed by atoms with Crippen LogP contribution in [0.5, 0.6) is 0 Å². The number of carbonyl (C=O) groups is 2. The predicted molar refractivity (Wildman–Crippen MR) is 86.6 cm³/mol. The van der Waals surface area contributed by atoms with Gasteiger partial charge in [-0.2, -0.15) is 0 Å². The number of amides is 1. The van der Waals surface area contributed by atoms with Crippen molar-refractivity contribution in [1.82, 2.24) is 5.32 Å². The average molecular weight is 351 g/mol. The Bertz CT molecular complexity index is 810. The highest BCUT2D eigenvalue weighted by atomic mass is 32.2. The van der Waals surface area contributed by atoms with E-state index >= 15 is 0 Å². The molecule has 1 aromatic heterocycles.